The second-order valence-corrected chi connectivity index (χ2v) is 6.01. The highest BCUT2D eigenvalue weighted by molar-refractivity contribution is 7.10. The van der Waals surface area contributed by atoms with Crippen LogP contribution >= 0.6 is 11.3 Å². The number of carbonyl (C=O) groups excluding carboxylic acids is 1. The van der Waals surface area contributed by atoms with Gasteiger partial charge in [0.05, 0.1) is 13.7 Å². The van der Waals surface area contributed by atoms with Crippen molar-refractivity contribution in [1.29, 1.82) is 0 Å². The fourth-order valence-corrected chi connectivity index (χ4v) is 2.88. The normalized spacial score (nSPS) is 10.4. The van der Waals surface area contributed by atoms with E-state index in [1.54, 1.807) is 30.5 Å². The van der Waals surface area contributed by atoms with Crippen molar-refractivity contribution in [3.63, 3.8) is 0 Å². The first-order chi connectivity index (χ1) is 10.5. The number of nitrogens with zero attached hydrogens (tertiary/aromatic N) is 1. The second kappa shape index (κ2) is 7.26. The number of thiophene rings is 1. The molecule has 0 saturated carbocycles. The standard InChI is InChI=1S/C16H19FN2O2S/c1-11-6-7-22-15(11)9-18-16(20)19(2)10-12-4-5-14(21-3)13(17)8-12/h4-8H,9-10H2,1-3H3,(H,18,20). The molecule has 1 aromatic carbocycles. The lowest BCUT2D eigenvalue weighted by atomic mass is 10.2. The van der Waals surface area contributed by atoms with Crippen LogP contribution in [0.4, 0.5) is 9.18 Å². The SMILES string of the molecule is COc1ccc(CN(C)C(=O)NCc2sccc2C)cc1F. The number of urea groups is 1. The second-order valence-electron chi connectivity index (χ2n) is 5.01. The summed E-state index contributed by atoms with van der Waals surface area (Å²) in [6, 6.07) is 6.52. The summed E-state index contributed by atoms with van der Waals surface area (Å²) in [5, 5.41) is 4.86. The number of nitrogens with one attached hydrogen (secondary N) is 1. The molecule has 0 spiro atoms. The summed E-state index contributed by atoms with van der Waals surface area (Å²) < 4.78 is 18.5. The molecule has 0 aliphatic rings. The van der Waals surface area contributed by atoms with E-state index in [9.17, 15) is 9.18 Å². The number of carbonyl (C=O) groups is 1. The van der Waals surface area contributed by atoms with Crippen molar-refractivity contribution < 1.29 is 13.9 Å². The third-order valence-electron chi connectivity index (χ3n) is 3.35. The van der Waals surface area contributed by atoms with Gasteiger partial charge in [0, 0.05) is 18.5 Å². The Labute approximate surface area is 133 Å². The van der Waals surface area contributed by atoms with Crippen molar-refractivity contribution in [3.05, 3.63) is 51.5 Å². The predicted octanol–water partition coefficient (Wildman–Crippen LogP) is 3.55. The number of benzene rings is 1. The minimum Gasteiger partial charge on any atom is -0.494 e. The predicted molar refractivity (Wildman–Crippen MR) is 85.7 cm³/mol. The number of methoxy groups -OCH3 is 1. The zero-order valence-corrected chi connectivity index (χ0v) is 13.7. The van der Waals surface area contributed by atoms with E-state index >= 15 is 0 Å². The summed E-state index contributed by atoms with van der Waals surface area (Å²) in [5.74, 6) is -0.230. The molecule has 0 fully saturated rings. The molecule has 0 aliphatic heterocycles. The van der Waals surface area contributed by atoms with Crippen LogP contribution in [0.1, 0.15) is 16.0 Å². The van der Waals surface area contributed by atoms with Crippen LogP contribution in [-0.2, 0) is 13.1 Å². The highest BCUT2D eigenvalue weighted by Gasteiger charge is 2.11. The van der Waals surface area contributed by atoms with E-state index in [1.807, 2.05) is 18.4 Å². The van der Waals surface area contributed by atoms with Crippen LogP contribution in [0, 0.1) is 12.7 Å². The van der Waals surface area contributed by atoms with E-state index < -0.39 is 5.82 Å². The molecule has 0 radical (unpaired) electrons. The van der Waals surface area contributed by atoms with Gasteiger partial charge < -0.3 is 15.0 Å². The van der Waals surface area contributed by atoms with Crippen molar-refractivity contribution in [1.82, 2.24) is 10.2 Å². The maximum Gasteiger partial charge on any atom is 0.317 e. The molecule has 6 heteroatoms. The molecule has 2 aromatic rings. The fourth-order valence-electron chi connectivity index (χ4n) is 2.03. The minimum atomic E-state index is -0.428. The number of hydrogen-bond donors (Lipinski definition) is 1. The Morgan fingerprint density at radius 1 is 1.41 bits per heavy atom. The fraction of sp³-hybridized carbons (Fsp3) is 0.312. The van der Waals surface area contributed by atoms with Crippen LogP contribution in [0.15, 0.2) is 29.6 Å². The molecule has 1 heterocycles. The van der Waals surface area contributed by atoms with Crippen molar-refractivity contribution in [2.24, 2.45) is 0 Å². The van der Waals surface area contributed by atoms with Crippen molar-refractivity contribution in [2.45, 2.75) is 20.0 Å². The smallest absolute Gasteiger partial charge is 0.317 e. The van der Waals surface area contributed by atoms with Gasteiger partial charge in [0.1, 0.15) is 0 Å². The largest absolute Gasteiger partial charge is 0.494 e. The van der Waals surface area contributed by atoms with Crippen molar-refractivity contribution >= 4 is 17.4 Å². The maximum absolute atomic E-state index is 13.6. The molecule has 0 saturated heterocycles. The molecule has 0 unspecified atom stereocenters. The summed E-state index contributed by atoms with van der Waals surface area (Å²) >= 11 is 1.62. The Kier molecular flexibility index (Phi) is 5.38. The van der Waals surface area contributed by atoms with Gasteiger partial charge in [0.25, 0.3) is 0 Å². The molecule has 118 valence electrons. The lowest BCUT2D eigenvalue weighted by Gasteiger charge is -2.18. The minimum absolute atomic E-state index is 0.191. The van der Waals surface area contributed by atoms with E-state index in [2.05, 4.69) is 5.32 Å². The van der Waals surface area contributed by atoms with E-state index in [4.69, 9.17) is 4.74 Å². The monoisotopic (exact) mass is 322 g/mol. The average Bonchev–Trinajstić information content (AvgIpc) is 2.90. The topological polar surface area (TPSA) is 41.6 Å². The van der Waals surface area contributed by atoms with Gasteiger partial charge in [-0.25, -0.2) is 9.18 Å². The number of ether oxygens (including phenoxy) is 1. The van der Waals surface area contributed by atoms with Gasteiger partial charge >= 0.3 is 6.03 Å². The van der Waals surface area contributed by atoms with E-state index in [1.165, 1.54) is 23.6 Å². The Morgan fingerprint density at radius 3 is 2.77 bits per heavy atom. The van der Waals surface area contributed by atoms with Crippen LogP contribution < -0.4 is 10.1 Å². The third-order valence-corrected chi connectivity index (χ3v) is 4.37. The molecule has 0 atom stereocenters. The van der Waals surface area contributed by atoms with E-state index in [-0.39, 0.29) is 11.8 Å². The molecular weight excluding hydrogens is 303 g/mol. The summed E-state index contributed by atoms with van der Waals surface area (Å²) in [4.78, 5) is 14.7. The number of aryl methyl sites for hydroxylation is 1. The number of hydrogen-bond acceptors (Lipinski definition) is 3. The van der Waals surface area contributed by atoms with Crippen LogP contribution in [0.3, 0.4) is 0 Å². The van der Waals surface area contributed by atoms with Crippen molar-refractivity contribution in [2.75, 3.05) is 14.2 Å². The molecule has 2 amide bonds. The van der Waals surface area contributed by atoms with Crippen molar-refractivity contribution in [3.8, 4) is 5.75 Å². The highest BCUT2D eigenvalue weighted by Crippen LogP contribution is 2.18. The molecule has 22 heavy (non-hydrogen) atoms. The molecule has 2 rings (SSSR count). The van der Waals surface area contributed by atoms with E-state index in [0.29, 0.717) is 18.7 Å². The number of halogens is 1. The lowest BCUT2D eigenvalue weighted by Crippen LogP contribution is -2.36. The van der Waals surface area contributed by atoms with E-state index in [0.717, 1.165) is 4.88 Å². The van der Waals surface area contributed by atoms with Crippen LogP contribution in [-0.4, -0.2) is 25.1 Å². The quantitative estimate of drug-likeness (QED) is 0.915. The Morgan fingerprint density at radius 2 is 2.18 bits per heavy atom. The van der Waals surface area contributed by atoms with Gasteiger partial charge in [-0.05, 0) is 41.6 Å². The first-order valence-corrected chi connectivity index (χ1v) is 7.73. The molecular formula is C16H19FN2O2S. The summed E-state index contributed by atoms with van der Waals surface area (Å²) in [6.45, 7) is 2.85. The first kappa shape index (κ1) is 16.3. The average molecular weight is 322 g/mol. The van der Waals surface area contributed by atoms with Gasteiger partial charge in [-0.2, -0.15) is 0 Å². The number of rotatable bonds is 5. The molecule has 0 aliphatic carbocycles. The summed E-state index contributed by atoms with van der Waals surface area (Å²) in [5.41, 5.74) is 1.88. The summed E-state index contributed by atoms with van der Waals surface area (Å²) in [7, 11) is 3.10. The van der Waals surface area contributed by atoms with Crippen LogP contribution in [0.5, 0.6) is 5.75 Å². The van der Waals surface area contributed by atoms with Crippen LogP contribution in [0.25, 0.3) is 0 Å². The van der Waals surface area contributed by atoms with Gasteiger partial charge in [0.15, 0.2) is 11.6 Å². The van der Waals surface area contributed by atoms with Gasteiger partial charge in [-0.3, -0.25) is 0 Å². The molecule has 4 nitrogen and oxygen atoms in total. The van der Waals surface area contributed by atoms with Gasteiger partial charge in [-0.1, -0.05) is 6.07 Å². The van der Waals surface area contributed by atoms with Gasteiger partial charge in [-0.15, -0.1) is 11.3 Å². The zero-order chi connectivity index (χ0) is 16.1. The maximum atomic E-state index is 13.6. The Hall–Kier alpha value is -2.08. The highest BCUT2D eigenvalue weighted by atomic mass is 32.1. The third kappa shape index (κ3) is 3.98. The zero-order valence-electron chi connectivity index (χ0n) is 12.9. The summed E-state index contributed by atoms with van der Waals surface area (Å²) in [6.07, 6.45) is 0. The molecule has 1 aromatic heterocycles. The Bertz CT molecular complexity index is 657. The molecule has 0 bridgehead atoms. The van der Waals surface area contributed by atoms with Gasteiger partial charge in [0.2, 0.25) is 0 Å². The Balaban J connectivity index is 1.91. The molecule has 1 N–H and O–H groups in total. The number of amides is 2. The van der Waals surface area contributed by atoms with Crippen LogP contribution in [0.2, 0.25) is 0 Å². The lowest BCUT2D eigenvalue weighted by molar-refractivity contribution is 0.206. The first-order valence-electron chi connectivity index (χ1n) is 6.85.